The summed E-state index contributed by atoms with van der Waals surface area (Å²) in [5.74, 6) is -0.400. The highest BCUT2D eigenvalue weighted by molar-refractivity contribution is 5.79. The van der Waals surface area contributed by atoms with E-state index in [4.69, 9.17) is 16.7 Å². The number of primary amides is 1. The van der Waals surface area contributed by atoms with Crippen LogP contribution in [0.3, 0.4) is 0 Å². The zero-order chi connectivity index (χ0) is 19.4. The molecule has 1 aliphatic rings. The van der Waals surface area contributed by atoms with Gasteiger partial charge in [0.1, 0.15) is 6.07 Å². The van der Waals surface area contributed by atoms with E-state index < -0.39 is 16.9 Å². The third-order valence-electron chi connectivity index (χ3n) is 3.70. The van der Waals surface area contributed by atoms with Crippen LogP contribution in [0.5, 0.6) is 0 Å². The van der Waals surface area contributed by atoms with Gasteiger partial charge in [-0.25, -0.2) is 0 Å². The largest absolute Gasteiger partial charge is 0.371 e. The molecule has 1 heterocycles. The molecule has 0 bridgehead atoms. The number of unbranched alkanes of at least 4 members (excludes halogenated alkanes) is 1. The predicted molar refractivity (Wildman–Crippen MR) is 96.5 cm³/mol. The second kappa shape index (κ2) is 11.8. The van der Waals surface area contributed by atoms with Crippen LogP contribution in [0.15, 0.2) is 36.2 Å². The standard InChI is InChI=1S/C11H13N3O2.C6H14N2O/c1-9(14(15)16)7-11(8-12)10(2)13-5-3-4-6-13;1-2-3-4-5(7)6(8)9/h7H,1-6H2;5H,2-4,7H2,1H3,(H2,8,9)/b11-7-;/t;5-/m.0/s1. The molecule has 1 amide bonds. The molecule has 138 valence electrons. The van der Waals surface area contributed by atoms with Crippen molar-refractivity contribution in [3.8, 4) is 6.07 Å². The number of rotatable bonds is 8. The molecule has 25 heavy (non-hydrogen) atoms. The Bertz CT molecular complexity index is 571. The number of carbonyl (C=O) groups excluding carboxylic acids is 1. The third kappa shape index (κ3) is 8.67. The van der Waals surface area contributed by atoms with E-state index >= 15 is 0 Å². The van der Waals surface area contributed by atoms with E-state index in [1.807, 2.05) is 17.9 Å². The Labute approximate surface area is 148 Å². The average Bonchev–Trinajstić information content (AvgIpc) is 3.11. The molecule has 1 saturated heterocycles. The lowest BCUT2D eigenvalue weighted by molar-refractivity contribution is -0.418. The summed E-state index contributed by atoms with van der Waals surface area (Å²) in [4.78, 5) is 22.0. The van der Waals surface area contributed by atoms with Gasteiger partial charge in [-0.1, -0.05) is 26.3 Å². The van der Waals surface area contributed by atoms with Gasteiger partial charge in [-0.3, -0.25) is 14.9 Å². The van der Waals surface area contributed by atoms with Crippen molar-refractivity contribution in [2.24, 2.45) is 11.5 Å². The molecular formula is C17H27N5O3. The number of hydrogen-bond donors (Lipinski definition) is 2. The summed E-state index contributed by atoms with van der Waals surface area (Å²) in [7, 11) is 0. The van der Waals surface area contributed by atoms with Crippen LogP contribution in [0, 0.1) is 21.4 Å². The molecule has 0 spiro atoms. The topological polar surface area (TPSA) is 139 Å². The normalized spacial score (nSPS) is 14.8. The van der Waals surface area contributed by atoms with Gasteiger partial charge in [-0.2, -0.15) is 5.26 Å². The maximum Gasteiger partial charge on any atom is 0.263 e. The minimum absolute atomic E-state index is 0.212. The van der Waals surface area contributed by atoms with Crippen molar-refractivity contribution < 1.29 is 9.72 Å². The molecule has 0 aromatic heterocycles. The highest BCUT2D eigenvalue weighted by atomic mass is 16.6. The van der Waals surface area contributed by atoms with Crippen LogP contribution < -0.4 is 11.5 Å². The number of likely N-dealkylation sites (tertiary alicyclic amines) is 1. The first kappa shape index (κ1) is 22.3. The van der Waals surface area contributed by atoms with Crippen molar-refractivity contribution in [1.82, 2.24) is 4.90 Å². The molecule has 0 aliphatic carbocycles. The summed E-state index contributed by atoms with van der Waals surface area (Å²) in [5.41, 5.74) is 10.7. The van der Waals surface area contributed by atoms with Crippen LogP contribution in [0.4, 0.5) is 0 Å². The Morgan fingerprint density at radius 1 is 1.44 bits per heavy atom. The Hall–Kier alpha value is -2.66. The molecule has 0 radical (unpaired) electrons. The van der Waals surface area contributed by atoms with Crippen molar-refractivity contribution in [2.45, 2.75) is 45.1 Å². The maximum atomic E-state index is 10.4. The molecule has 0 aromatic carbocycles. The van der Waals surface area contributed by atoms with Gasteiger partial charge >= 0.3 is 0 Å². The van der Waals surface area contributed by atoms with Gasteiger partial charge < -0.3 is 16.4 Å². The quantitative estimate of drug-likeness (QED) is 0.296. The summed E-state index contributed by atoms with van der Waals surface area (Å²) >= 11 is 0. The molecule has 0 unspecified atom stereocenters. The van der Waals surface area contributed by atoms with Crippen molar-refractivity contribution >= 4 is 5.91 Å². The lowest BCUT2D eigenvalue weighted by Gasteiger charge is -2.19. The SMILES string of the molecule is C=C(/C(C#N)=C\C(=C)[N+](=O)[O-])N1CCCC1.CCCC[C@H](N)C(N)=O. The zero-order valence-corrected chi connectivity index (χ0v) is 14.7. The highest BCUT2D eigenvalue weighted by Gasteiger charge is 2.17. The second-order valence-corrected chi connectivity index (χ2v) is 5.71. The first-order valence-corrected chi connectivity index (χ1v) is 8.18. The van der Waals surface area contributed by atoms with Crippen molar-refractivity contribution in [3.05, 3.63) is 46.3 Å². The van der Waals surface area contributed by atoms with Crippen LogP contribution in [0.25, 0.3) is 0 Å². The molecule has 1 fully saturated rings. The number of nitrogens with zero attached hydrogens (tertiary/aromatic N) is 3. The summed E-state index contributed by atoms with van der Waals surface area (Å²) in [6.45, 7) is 10.8. The summed E-state index contributed by atoms with van der Waals surface area (Å²) < 4.78 is 0. The van der Waals surface area contributed by atoms with Crippen LogP contribution in [-0.2, 0) is 4.79 Å². The van der Waals surface area contributed by atoms with Gasteiger partial charge in [0.2, 0.25) is 5.91 Å². The van der Waals surface area contributed by atoms with E-state index in [2.05, 4.69) is 13.2 Å². The first-order chi connectivity index (χ1) is 11.7. The van der Waals surface area contributed by atoms with Crippen molar-refractivity contribution in [3.63, 3.8) is 0 Å². The number of carbonyl (C=O) groups is 1. The van der Waals surface area contributed by atoms with E-state index in [0.29, 0.717) is 12.1 Å². The molecule has 0 aromatic rings. The highest BCUT2D eigenvalue weighted by Crippen LogP contribution is 2.20. The lowest BCUT2D eigenvalue weighted by atomic mass is 10.1. The number of hydrogen-bond acceptors (Lipinski definition) is 6. The van der Waals surface area contributed by atoms with Crippen LogP contribution in [0.2, 0.25) is 0 Å². The van der Waals surface area contributed by atoms with E-state index in [1.165, 1.54) is 6.08 Å². The molecule has 8 nitrogen and oxygen atoms in total. The van der Waals surface area contributed by atoms with Gasteiger partial charge in [0.15, 0.2) is 0 Å². The molecule has 1 rings (SSSR count). The van der Waals surface area contributed by atoms with E-state index in [-0.39, 0.29) is 11.3 Å². The fraction of sp³-hybridized carbons (Fsp3) is 0.529. The van der Waals surface area contributed by atoms with Crippen LogP contribution in [-0.4, -0.2) is 34.9 Å². The van der Waals surface area contributed by atoms with E-state index in [1.54, 1.807) is 0 Å². The minimum atomic E-state index is -0.616. The minimum Gasteiger partial charge on any atom is -0.371 e. The lowest BCUT2D eigenvalue weighted by Crippen LogP contribution is -2.36. The fourth-order valence-electron chi connectivity index (χ4n) is 2.12. The molecule has 1 aliphatic heterocycles. The number of nitrogens with two attached hydrogens (primary N) is 2. The fourth-order valence-corrected chi connectivity index (χ4v) is 2.12. The summed E-state index contributed by atoms with van der Waals surface area (Å²) in [5, 5.41) is 19.3. The van der Waals surface area contributed by atoms with Gasteiger partial charge in [0, 0.05) is 24.9 Å². The smallest absolute Gasteiger partial charge is 0.263 e. The van der Waals surface area contributed by atoms with Gasteiger partial charge in [-0.05, 0) is 25.8 Å². The Morgan fingerprint density at radius 2 is 2.00 bits per heavy atom. The third-order valence-corrected chi connectivity index (χ3v) is 3.70. The molecular weight excluding hydrogens is 322 g/mol. The van der Waals surface area contributed by atoms with Gasteiger partial charge in [0.05, 0.1) is 16.5 Å². The number of nitriles is 1. The Kier molecular flexibility index (Phi) is 10.6. The van der Waals surface area contributed by atoms with Gasteiger partial charge in [-0.15, -0.1) is 0 Å². The number of allylic oxidation sites excluding steroid dienone is 2. The zero-order valence-electron chi connectivity index (χ0n) is 14.7. The molecule has 4 N–H and O–H groups in total. The number of nitro groups is 1. The average molecular weight is 349 g/mol. The van der Waals surface area contributed by atoms with Crippen LogP contribution in [0.1, 0.15) is 39.0 Å². The summed E-state index contributed by atoms with van der Waals surface area (Å²) in [6.07, 6.45) is 6.04. The second-order valence-electron chi connectivity index (χ2n) is 5.71. The first-order valence-electron chi connectivity index (χ1n) is 8.18. The van der Waals surface area contributed by atoms with E-state index in [9.17, 15) is 14.9 Å². The number of amides is 1. The molecule has 1 atom stereocenters. The van der Waals surface area contributed by atoms with Gasteiger partial charge in [0.25, 0.3) is 5.70 Å². The molecule has 8 heteroatoms. The maximum absolute atomic E-state index is 10.4. The van der Waals surface area contributed by atoms with E-state index in [0.717, 1.165) is 38.8 Å². The Balaban J connectivity index is 0.000000547. The van der Waals surface area contributed by atoms with Crippen LogP contribution >= 0.6 is 0 Å². The van der Waals surface area contributed by atoms with Crippen molar-refractivity contribution in [1.29, 1.82) is 5.26 Å². The Morgan fingerprint density at radius 3 is 2.40 bits per heavy atom. The summed E-state index contributed by atoms with van der Waals surface area (Å²) in [6, 6.07) is 1.48. The monoisotopic (exact) mass is 349 g/mol. The predicted octanol–water partition coefficient (Wildman–Crippen LogP) is 1.83. The van der Waals surface area contributed by atoms with Crippen molar-refractivity contribution in [2.75, 3.05) is 13.1 Å². The molecule has 0 saturated carbocycles.